The molecule has 4 aromatic rings. The van der Waals surface area contributed by atoms with Gasteiger partial charge in [0.15, 0.2) is 11.0 Å². The van der Waals surface area contributed by atoms with Gasteiger partial charge in [-0.05, 0) is 41.3 Å². The number of primary sulfonamides is 1. The lowest BCUT2D eigenvalue weighted by Crippen LogP contribution is -2.16. The number of aromatic nitrogens is 3. The molecule has 9 nitrogen and oxygen atoms in total. The zero-order valence-electron chi connectivity index (χ0n) is 20.1. The van der Waals surface area contributed by atoms with Crippen molar-refractivity contribution in [1.29, 1.82) is 0 Å². The second-order valence-electron chi connectivity index (χ2n) is 9.21. The molecule has 188 valence electrons. The van der Waals surface area contributed by atoms with Crippen molar-refractivity contribution in [2.45, 2.75) is 42.8 Å². The van der Waals surface area contributed by atoms with Gasteiger partial charge in [-0.25, -0.2) is 13.6 Å². The van der Waals surface area contributed by atoms with E-state index in [0.717, 1.165) is 11.3 Å². The topological polar surface area (TPSA) is 133 Å². The Labute approximate surface area is 214 Å². The largest absolute Gasteiger partial charge is 0.467 e. The summed E-state index contributed by atoms with van der Waals surface area (Å²) in [5, 5.41) is 17.1. The number of nitrogens with one attached hydrogen (secondary N) is 1. The SMILES string of the molecule is CC(C)(C)c1ccc(-c2nnc(SCC(=O)Nc3cccc(S(N)(=O)=O)c3)n2Cc2ccco2)cc1. The number of thioether (sulfide) groups is 1. The van der Waals surface area contributed by atoms with Crippen LogP contribution in [0.2, 0.25) is 0 Å². The molecule has 2 heterocycles. The maximum atomic E-state index is 12.6. The molecule has 0 bridgehead atoms. The molecule has 0 aliphatic carbocycles. The molecule has 11 heteroatoms. The van der Waals surface area contributed by atoms with Crippen LogP contribution in [0.1, 0.15) is 32.1 Å². The third-order valence-electron chi connectivity index (χ3n) is 5.40. The molecule has 0 saturated heterocycles. The van der Waals surface area contributed by atoms with Gasteiger partial charge in [-0.2, -0.15) is 0 Å². The van der Waals surface area contributed by atoms with E-state index in [0.29, 0.717) is 23.2 Å². The molecular formula is C25H27N5O4S2. The Bertz CT molecular complexity index is 1460. The van der Waals surface area contributed by atoms with Gasteiger partial charge in [0.1, 0.15) is 5.76 Å². The number of amides is 1. The molecule has 1 amide bonds. The van der Waals surface area contributed by atoms with Gasteiger partial charge in [0.05, 0.1) is 23.5 Å². The smallest absolute Gasteiger partial charge is 0.238 e. The lowest BCUT2D eigenvalue weighted by molar-refractivity contribution is -0.113. The second-order valence-corrected chi connectivity index (χ2v) is 11.7. The summed E-state index contributed by atoms with van der Waals surface area (Å²) in [4.78, 5) is 12.5. The third-order valence-corrected chi connectivity index (χ3v) is 7.28. The fraction of sp³-hybridized carbons (Fsp3) is 0.240. The second kappa shape index (κ2) is 10.3. The predicted molar refractivity (Wildman–Crippen MR) is 139 cm³/mol. The molecule has 2 aromatic heterocycles. The first-order valence-corrected chi connectivity index (χ1v) is 13.7. The summed E-state index contributed by atoms with van der Waals surface area (Å²) in [5.74, 6) is 1.11. The summed E-state index contributed by atoms with van der Waals surface area (Å²) in [5.41, 5.74) is 2.48. The van der Waals surface area contributed by atoms with Crippen molar-refractivity contribution in [2.75, 3.05) is 11.1 Å². The van der Waals surface area contributed by atoms with Crippen LogP contribution in [0.3, 0.4) is 0 Å². The number of nitrogens with zero attached hydrogens (tertiary/aromatic N) is 3. The van der Waals surface area contributed by atoms with E-state index in [1.54, 1.807) is 12.3 Å². The molecule has 3 N–H and O–H groups in total. The van der Waals surface area contributed by atoms with E-state index in [2.05, 4.69) is 48.4 Å². The molecule has 0 atom stereocenters. The van der Waals surface area contributed by atoms with Crippen LogP contribution in [0.15, 0.2) is 81.4 Å². The van der Waals surface area contributed by atoms with Crippen LogP contribution in [0, 0.1) is 0 Å². The normalized spacial score (nSPS) is 12.0. The molecule has 36 heavy (non-hydrogen) atoms. The van der Waals surface area contributed by atoms with Crippen LogP contribution < -0.4 is 10.5 Å². The van der Waals surface area contributed by atoms with Crippen LogP contribution in [-0.2, 0) is 26.8 Å². The lowest BCUT2D eigenvalue weighted by Gasteiger charge is -2.19. The number of carbonyl (C=O) groups excluding carboxylic acids is 1. The lowest BCUT2D eigenvalue weighted by atomic mass is 9.87. The minimum Gasteiger partial charge on any atom is -0.467 e. The van der Waals surface area contributed by atoms with Gasteiger partial charge in [0.25, 0.3) is 0 Å². The summed E-state index contributed by atoms with van der Waals surface area (Å²) < 4.78 is 30.6. The molecule has 0 aliphatic rings. The monoisotopic (exact) mass is 525 g/mol. The van der Waals surface area contributed by atoms with E-state index in [1.807, 2.05) is 28.8 Å². The molecule has 4 rings (SSSR count). The van der Waals surface area contributed by atoms with E-state index in [4.69, 9.17) is 9.56 Å². The molecule has 0 radical (unpaired) electrons. The maximum Gasteiger partial charge on any atom is 0.238 e. The average Bonchev–Trinajstić information content (AvgIpc) is 3.47. The van der Waals surface area contributed by atoms with E-state index >= 15 is 0 Å². The highest BCUT2D eigenvalue weighted by Crippen LogP contribution is 2.28. The van der Waals surface area contributed by atoms with Crippen LogP contribution in [-0.4, -0.2) is 34.8 Å². The highest BCUT2D eigenvalue weighted by molar-refractivity contribution is 7.99. The number of furan rings is 1. The van der Waals surface area contributed by atoms with Crippen molar-refractivity contribution >= 4 is 33.4 Å². The number of sulfonamides is 1. The molecule has 0 spiro atoms. The fourth-order valence-electron chi connectivity index (χ4n) is 3.51. The van der Waals surface area contributed by atoms with Crippen molar-refractivity contribution in [3.63, 3.8) is 0 Å². The Morgan fingerprint density at radius 2 is 1.83 bits per heavy atom. The summed E-state index contributed by atoms with van der Waals surface area (Å²) in [7, 11) is -3.87. The number of nitrogens with two attached hydrogens (primary N) is 1. The van der Waals surface area contributed by atoms with Crippen LogP contribution in [0.25, 0.3) is 11.4 Å². The highest BCUT2D eigenvalue weighted by atomic mass is 32.2. The Hall–Kier alpha value is -3.41. The molecule has 0 unspecified atom stereocenters. The predicted octanol–water partition coefficient (Wildman–Crippen LogP) is 4.26. The highest BCUT2D eigenvalue weighted by Gasteiger charge is 2.19. The Kier molecular flexibility index (Phi) is 7.34. The van der Waals surface area contributed by atoms with E-state index in [9.17, 15) is 13.2 Å². The Balaban J connectivity index is 1.53. The van der Waals surface area contributed by atoms with Crippen LogP contribution in [0.4, 0.5) is 5.69 Å². The number of hydrogen-bond acceptors (Lipinski definition) is 7. The van der Waals surface area contributed by atoms with E-state index < -0.39 is 10.0 Å². The first-order chi connectivity index (χ1) is 17.0. The van der Waals surface area contributed by atoms with Gasteiger partial charge in [-0.3, -0.25) is 9.36 Å². The fourth-order valence-corrected chi connectivity index (χ4v) is 4.80. The minimum absolute atomic E-state index is 0.0304. The molecule has 0 saturated carbocycles. The first-order valence-electron chi connectivity index (χ1n) is 11.1. The van der Waals surface area contributed by atoms with Gasteiger partial charge in [0.2, 0.25) is 15.9 Å². The first kappa shape index (κ1) is 25.7. The van der Waals surface area contributed by atoms with E-state index in [1.165, 1.54) is 35.5 Å². The number of rotatable bonds is 8. The summed E-state index contributed by atoms with van der Waals surface area (Å²) in [6.45, 7) is 6.88. The Morgan fingerprint density at radius 1 is 1.08 bits per heavy atom. The van der Waals surface area contributed by atoms with Crippen LogP contribution >= 0.6 is 11.8 Å². The zero-order chi connectivity index (χ0) is 25.9. The quantitative estimate of drug-likeness (QED) is 0.328. The van der Waals surface area contributed by atoms with Crippen molar-refractivity contribution in [3.8, 4) is 11.4 Å². The van der Waals surface area contributed by atoms with Gasteiger partial charge in [-0.1, -0.05) is 62.9 Å². The minimum atomic E-state index is -3.87. The number of anilines is 1. The molecule has 2 aromatic carbocycles. The van der Waals surface area contributed by atoms with Crippen molar-refractivity contribution in [2.24, 2.45) is 5.14 Å². The van der Waals surface area contributed by atoms with Gasteiger partial charge in [0, 0.05) is 11.3 Å². The average molecular weight is 526 g/mol. The standard InChI is InChI=1S/C25H27N5O4S2/c1-25(2,3)18-11-9-17(10-12-18)23-28-29-24(30(23)15-20-7-5-13-34-20)35-16-22(31)27-19-6-4-8-21(14-19)36(26,32)33/h4-14H,15-16H2,1-3H3,(H,27,31)(H2,26,32,33). The third kappa shape index (κ3) is 6.23. The molecular weight excluding hydrogens is 498 g/mol. The van der Waals surface area contributed by atoms with Gasteiger partial charge in [-0.15, -0.1) is 10.2 Å². The summed E-state index contributed by atoms with van der Waals surface area (Å²) in [6, 6.07) is 17.7. The number of carbonyl (C=O) groups is 1. The van der Waals surface area contributed by atoms with E-state index in [-0.39, 0.29) is 22.0 Å². The van der Waals surface area contributed by atoms with Gasteiger partial charge >= 0.3 is 0 Å². The summed E-state index contributed by atoms with van der Waals surface area (Å²) >= 11 is 1.22. The van der Waals surface area contributed by atoms with Crippen molar-refractivity contribution in [3.05, 3.63) is 78.3 Å². The van der Waals surface area contributed by atoms with Crippen molar-refractivity contribution in [1.82, 2.24) is 14.8 Å². The maximum absolute atomic E-state index is 12.6. The number of benzene rings is 2. The van der Waals surface area contributed by atoms with Gasteiger partial charge < -0.3 is 9.73 Å². The van der Waals surface area contributed by atoms with Crippen molar-refractivity contribution < 1.29 is 17.6 Å². The molecule has 0 aliphatic heterocycles. The Morgan fingerprint density at radius 3 is 2.47 bits per heavy atom. The van der Waals surface area contributed by atoms with Crippen LogP contribution in [0.5, 0.6) is 0 Å². The number of hydrogen-bond donors (Lipinski definition) is 2. The zero-order valence-corrected chi connectivity index (χ0v) is 21.8. The molecule has 0 fully saturated rings. The summed E-state index contributed by atoms with van der Waals surface area (Å²) in [6.07, 6.45) is 1.60.